The standard InChI is InChI=1S/C17H15N3O3/c21-12-8-5-11(6-9-12)7-10-15(22)19-20-16-13-3-1-2-4-14(13)18-17(16)23/h1-6,8-9,18,21,23H,7,10H2. The highest BCUT2D eigenvalue weighted by Gasteiger charge is 2.10. The first-order valence-corrected chi connectivity index (χ1v) is 7.15. The fourth-order valence-corrected chi connectivity index (χ4v) is 2.28. The number of aromatic hydroxyl groups is 2. The first-order chi connectivity index (χ1) is 11.1. The lowest BCUT2D eigenvalue weighted by molar-refractivity contribution is -0.118. The van der Waals surface area contributed by atoms with Gasteiger partial charge in [-0.3, -0.25) is 4.79 Å². The summed E-state index contributed by atoms with van der Waals surface area (Å²) in [6.45, 7) is 0. The number of aryl methyl sites for hydroxylation is 1. The van der Waals surface area contributed by atoms with Crippen LogP contribution in [0.1, 0.15) is 12.0 Å². The Bertz CT molecular complexity index is 866. The van der Waals surface area contributed by atoms with E-state index in [1.54, 1.807) is 36.4 Å². The van der Waals surface area contributed by atoms with Crippen molar-refractivity contribution in [1.82, 2.24) is 4.98 Å². The van der Waals surface area contributed by atoms with E-state index in [9.17, 15) is 15.0 Å². The van der Waals surface area contributed by atoms with Gasteiger partial charge in [0, 0.05) is 11.8 Å². The summed E-state index contributed by atoms with van der Waals surface area (Å²) in [5, 5.41) is 27.3. The van der Waals surface area contributed by atoms with Gasteiger partial charge >= 0.3 is 0 Å². The second kappa shape index (κ2) is 6.31. The molecule has 6 heteroatoms. The first kappa shape index (κ1) is 14.8. The lowest BCUT2D eigenvalue weighted by Gasteiger charge is -1.98. The van der Waals surface area contributed by atoms with Crippen molar-refractivity contribution in [2.24, 2.45) is 10.2 Å². The molecule has 0 aliphatic carbocycles. The summed E-state index contributed by atoms with van der Waals surface area (Å²) in [5.41, 5.74) is 1.93. The molecule has 0 saturated heterocycles. The summed E-state index contributed by atoms with van der Waals surface area (Å²) in [4.78, 5) is 14.6. The number of hydrogen-bond acceptors (Lipinski definition) is 4. The SMILES string of the molecule is O=C(CCc1ccc(O)cc1)N=Nc1c(O)[nH]c2ccccc12. The van der Waals surface area contributed by atoms with Crippen LogP contribution in [0.25, 0.3) is 10.9 Å². The minimum Gasteiger partial charge on any atom is -0.508 e. The molecule has 0 bridgehead atoms. The van der Waals surface area contributed by atoms with Gasteiger partial charge in [0.25, 0.3) is 5.91 Å². The number of carbonyl (C=O) groups is 1. The second-order valence-corrected chi connectivity index (χ2v) is 5.13. The highest BCUT2D eigenvalue weighted by atomic mass is 16.3. The Morgan fingerprint density at radius 2 is 1.78 bits per heavy atom. The summed E-state index contributed by atoms with van der Waals surface area (Å²) in [5.74, 6) is -0.293. The zero-order chi connectivity index (χ0) is 16.2. The van der Waals surface area contributed by atoms with Crippen LogP contribution < -0.4 is 0 Å². The predicted molar refractivity (Wildman–Crippen MR) is 85.9 cm³/mol. The van der Waals surface area contributed by atoms with E-state index in [1.807, 2.05) is 12.1 Å². The monoisotopic (exact) mass is 309 g/mol. The zero-order valence-electron chi connectivity index (χ0n) is 12.2. The number of fused-ring (bicyclic) bond motifs is 1. The lowest BCUT2D eigenvalue weighted by atomic mass is 10.1. The average molecular weight is 309 g/mol. The highest BCUT2D eigenvalue weighted by molar-refractivity contribution is 5.94. The number of aromatic amines is 1. The van der Waals surface area contributed by atoms with Crippen LogP contribution in [0.3, 0.4) is 0 Å². The van der Waals surface area contributed by atoms with Gasteiger partial charge in [-0.25, -0.2) is 0 Å². The van der Waals surface area contributed by atoms with Gasteiger partial charge in [-0.15, -0.1) is 10.2 Å². The summed E-state index contributed by atoms with van der Waals surface area (Å²) in [6, 6.07) is 13.9. The van der Waals surface area contributed by atoms with Gasteiger partial charge in [-0.1, -0.05) is 30.3 Å². The molecule has 0 spiro atoms. The number of H-pyrrole nitrogens is 1. The number of azo groups is 1. The molecule has 0 radical (unpaired) electrons. The maximum Gasteiger partial charge on any atom is 0.265 e. The maximum absolute atomic E-state index is 11.8. The smallest absolute Gasteiger partial charge is 0.265 e. The van der Waals surface area contributed by atoms with E-state index in [1.165, 1.54) is 0 Å². The minimum atomic E-state index is -0.372. The molecule has 3 N–H and O–H groups in total. The van der Waals surface area contributed by atoms with Gasteiger partial charge in [-0.2, -0.15) is 0 Å². The van der Waals surface area contributed by atoms with Gasteiger partial charge < -0.3 is 15.2 Å². The molecule has 3 aromatic rings. The van der Waals surface area contributed by atoms with E-state index in [0.717, 1.165) is 11.1 Å². The Morgan fingerprint density at radius 1 is 1.04 bits per heavy atom. The summed E-state index contributed by atoms with van der Waals surface area (Å²) in [6.07, 6.45) is 0.718. The van der Waals surface area contributed by atoms with Crippen LogP contribution >= 0.6 is 0 Å². The van der Waals surface area contributed by atoms with Crippen molar-refractivity contribution in [3.05, 3.63) is 54.1 Å². The van der Waals surface area contributed by atoms with E-state index < -0.39 is 0 Å². The molecule has 0 saturated carbocycles. The van der Waals surface area contributed by atoms with Crippen LogP contribution in [0.15, 0.2) is 58.8 Å². The molecule has 116 valence electrons. The molecule has 0 atom stereocenters. The molecule has 1 amide bonds. The Hall–Kier alpha value is -3.15. The number of carbonyl (C=O) groups excluding carboxylic acids is 1. The molecule has 0 unspecified atom stereocenters. The Kier molecular flexibility index (Phi) is 4.05. The molecular formula is C17H15N3O3. The van der Waals surface area contributed by atoms with Crippen molar-refractivity contribution in [2.45, 2.75) is 12.8 Å². The van der Waals surface area contributed by atoms with Crippen LogP contribution in [0, 0.1) is 0 Å². The topological polar surface area (TPSA) is 98.0 Å². The molecular weight excluding hydrogens is 294 g/mol. The largest absolute Gasteiger partial charge is 0.508 e. The van der Waals surface area contributed by atoms with E-state index in [0.29, 0.717) is 11.8 Å². The molecule has 6 nitrogen and oxygen atoms in total. The summed E-state index contributed by atoms with van der Waals surface area (Å²) >= 11 is 0. The number of aromatic nitrogens is 1. The van der Waals surface area contributed by atoms with Crippen molar-refractivity contribution < 1.29 is 15.0 Å². The van der Waals surface area contributed by atoms with Gasteiger partial charge in [0.15, 0.2) is 5.69 Å². The number of para-hydroxylation sites is 1. The summed E-state index contributed by atoms with van der Waals surface area (Å²) < 4.78 is 0. The van der Waals surface area contributed by atoms with Gasteiger partial charge in [-0.05, 0) is 30.2 Å². The zero-order valence-corrected chi connectivity index (χ0v) is 12.2. The normalized spacial score (nSPS) is 11.3. The lowest BCUT2D eigenvalue weighted by Crippen LogP contribution is -1.95. The third kappa shape index (κ3) is 3.37. The molecule has 0 fully saturated rings. The number of benzene rings is 2. The Morgan fingerprint density at radius 3 is 2.57 bits per heavy atom. The molecule has 1 aromatic heterocycles. The maximum atomic E-state index is 11.8. The van der Waals surface area contributed by atoms with Crippen LogP contribution in [-0.4, -0.2) is 21.1 Å². The molecule has 3 rings (SSSR count). The number of rotatable bonds is 4. The van der Waals surface area contributed by atoms with Gasteiger partial charge in [0.1, 0.15) is 5.75 Å². The Labute approximate surface area is 132 Å². The second-order valence-electron chi connectivity index (χ2n) is 5.13. The third-order valence-electron chi connectivity index (χ3n) is 3.48. The van der Waals surface area contributed by atoms with Crippen molar-refractivity contribution >= 4 is 22.5 Å². The molecule has 1 heterocycles. The minimum absolute atomic E-state index is 0.110. The van der Waals surface area contributed by atoms with Crippen LogP contribution in [0.4, 0.5) is 5.69 Å². The van der Waals surface area contributed by atoms with E-state index in [4.69, 9.17) is 0 Å². The third-order valence-corrected chi connectivity index (χ3v) is 3.48. The number of nitrogens with zero attached hydrogens (tertiary/aromatic N) is 2. The van der Waals surface area contributed by atoms with Crippen LogP contribution in [0.2, 0.25) is 0 Å². The van der Waals surface area contributed by atoms with Gasteiger partial charge in [0.2, 0.25) is 5.88 Å². The van der Waals surface area contributed by atoms with Crippen LogP contribution in [0.5, 0.6) is 11.6 Å². The fourth-order valence-electron chi connectivity index (χ4n) is 2.28. The molecule has 0 aliphatic heterocycles. The first-order valence-electron chi connectivity index (χ1n) is 7.15. The van der Waals surface area contributed by atoms with Crippen molar-refractivity contribution in [3.8, 4) is 11.6 Å². The van der Waals surface area contributed by atoms with Crippen molar-refractivity contribution in [3.63, 3.8) is 0 Å². The van der Waals surface area contributed by atoms with E-state index >= 15 is 0 Å². The number of hydrogen-bond donors (Lipinski definition) is 3. The number of phenolic OH excluding ortho intramolecular Hbond substituents is 1. The highest BCUT2D eigenvalue weighted by Crippen LogP contribution is 2.35. The molecule has 2 aromatic carbocycles. The van der Waals surface area contributed by atoms with E-state index in [2.05, 4.69) is 15.2 Å². The van der Waals surface area contributed by atoms with Crippen molar-refractivity contribution in [2.75, 3.05) is 0 Å². The number of nitrogens with one attached hydrogen (secondary N) is 1. The average Bonchev–Trinajstić information content (AvgIpc) is 2.87. The number of amides is 1. The summed E-state index contributed by atoms with van der Waals surface area (Å²) in [7, 11) is 0. The van der Waals surface area contributed by atoms with E-state index in [-0.39, 0.29) is 29.6 Å². The fraction of sp³-hybridized carbons (Fsp3) is 0.118. The van der Waals surface area contributed by atoms with Gasteiger partial charge in [0.05, 0.1) is 5.52 Å². The van der Waals surface area contributed by atoms with Crippen LogP contribution in [-0.2, 0) is 11.2 Å². The van der Waals surface area contributed by atoms with Crippen molar-refractivity contribution in [1.29, 1.82) is 0 Å². The molecule has 0 aliphatic rings. The number of phenols is 1. The quantitative estimate of drug-likeness (QED) is 0.639. The Balaban J connectivity index is 1.68. The molecule has 23 heavy (non-hydrogen) atoms. The predicted octanol–water partition coefficient (Wildman–Crippen LogP) is 3.82.